The van der Waals surface area contributed by atoms with Gasteiger partial charge in [-0.05, 0) is 36.4 Å². The molecule has 0 aliphatic heterocycles. The number of halogens is 4. The highest BCUT2D eigenvalue weighted by Gasteiger charge is 2.21. The standard InChI is InChI=1S/C17H8Cl4N2O2/c18-10-1-3-14(20)12(6-10)9-5-16(23(24)25)17(22-8-9)13-7-11(19)2-4-15(13)21/h1-8H. The summed E-state index contributed by atoms with van der Waals surface area (Å²) in [6, 6.07) is 11.0. The Bertz CT molecular complexity index is 992. The number of rotatable bonds is 3. The summed E-state index contributed by atoms with van der Waals surface area (Å²) < 4.78 is 0. The monoisotopic (exact) mass is 412 g/mol. The third-order valence-corrected chi connectivity index (χ3v) is 4.62. The minimum Gasteiger partial charge on any atom is -0.258 e. The maximum absolute atomic E-state index is 11.6. The second kappa shape index (κ2) is 7.18. The smallest absolute Gasteiger partial charge is 0.258 e. The molecule has 126 valence electrons. The molecule has 0 amide bonds. The van der Waals surface area contributed by atoms with Gasteiger partial charge in [0, 0.05) is 44.0 Å². The number of hydrogen-bond acceptors (Lipinski definition) is 3. The van der Waals surface area contributed by atoms with Gasteiger partial charge in [-0.3, -0.25) is 10.1 Å². The van der Waals surface area contributed by atoms with Gasteiger partial charge in [0.05, 0.1) is 9.95 Å². The van der Waals surface area contributed by atoms with Crippen LogP contribution < -0.4 is 0 Å². The predicted molar refractivity (Wildman–Crippen MR) is 102 cm³/mol. The van der Waals surface area contributed by atoms with E-state index in [1.54, 1.807) is 30.3 Å². The topological polar surface area (TPSA) is 56.0 Å². The van der Waals surface area contributed by atoms with Crippen LogP contribution in [0, 0.1) is 10.1 Å². The van der Waals surface area contributed by atoms with Gasteiger partial charge in [-0.15, -0.1) is 0 Å². The lowest BCUT2D eigenvalue weighted by molar-refractivity contribution is -0.384. The van der Waals surface area contributed by atoms with Gasteiger partial charge in [0.15, 0.2) is 0 Å². The Labute approximate surface area is 163 Å². The molecule has 0 unspecified atom stereocenters. The Balaban J connectivity index is 2.22. The fraction of sp³-hybridized carbons (Fsp3) is 0. The summed E-state index contributed by atoms with van der Waals surface area (Å²) in [4.78, 5) is 15.3. The fourth-order valence-corrected chi connectivity index (χ4v) is 3.12. The fourth-order valence-electron chi connectivity index (χ4n) is 2.34. The highest BCUT2D eigenvalue weighted by molar-refractivity contribution is 6.36. The Morgan fingerprint density at radius 2 is 1.40 bits per heavy atom. The number of nitro groups is 1. The molecule has 0 saturated heterocycles. The maximum atomic E-state index is 11.6. The van der Waals surface area contributed by atoms with Crippen LogP contribution in [0.4, 0.5) is 5.69 Å². The molecule has 0 spiro atoms. The maximum Gasteiger partial charge on any atom is 0.296 e. The van der Waals surface area contributed by atoms with Crippen molar-refractivity contribution in [3.63, 3.8) is 0 Å². The number of pyridine rings is 1. The molecule has 3 aromatic rings. The zero-order valence-corrected chi connectivity index (χ0v) is 15.4. The lowest BCUT2D eigenvalue weighted by Crippen LogP contribution is -1.97. The summed E-state index contributed by atoms with van der Waals surface area (Å²) >= 11 is 24.3. The summed E-state index contributed by atoms with van der Waals surface area (Å²) in [5.74, 6) is 0. The van der Waals surface area contributed by atoms with Gasteiger partial charge >= 0.3 is 0 Å². The van der Waals surface area contributed by atoms with E-state index in [1.807, 2.05) is 0 Å². The van der Waals surface area contributed by atoms with Crippen LogP contribution in [0.5, 0.6) is 0 Å². The number of benzene rings is 2. The Kier molecular flexibility index (Phi) is 5.16. The summed E-state index contributed by atoms with van der Waals surface area (Å²) in [5, 5.41) is 13.1. The van der Waals surface area contributed by atoms with Crippen molar-refractivity contribution >= 4 is 52.1 Å². The lowest BCUT2D eigenvalue weighted by Gasteiger charge is -2.09. The second-order valence-corrected chi connectivity index (χ2v) is 6.78. The van der Waals surface area contributed by atoms with Crippen molar-refractivity contribution in [3.8, 4) is 22.4 Å². The van der Waals surface area contributed by atoms with E-state index in [1.165, 1.54) is 18.3 Å². The van der Waals surface area contributed by atoms with E-state index in [2.05, 4.69) is 4.98 Å². The number of nitrogens with zero attached hydrogens (tertiary/aromatic N) is 2. The predicted octanol–water partition coefficient (Wildman–Crippen LogP) is 6.94. The lowest BCUT2D eigenvalue weighted by atomic mass is 10.0. The minimum atomic E-state index is -0.526. The van der Waals surface area contributed by atoms with Gasteiger partial charge in [-0.25, -0.2) is 4.98 Å². The van der Waals surface area contributed by atoms with Crippen molar-refractivity contribution in [1.82, 2.24) is 4.98 Å². The Morgan fingerprint density at radius 1 is 0.840 bits per heavy atom. The third-order valence-electron chi connectivity index (χ3n) is 3.49. The first-order valence-corrected chi connectivity index (χ1v) is 8.43. The van der Waals surface area contributed by atoms with E-state index in [0.717, 1.165) is 0 Å². The van der Waals surface area contributed by atoms with Crippen LogP contribution in [0.15, 0.2) is 48.7 Å². The average molecular weight is 414 g/mol. The minimum absolute atomic E-state index is 0.124. The summed E-state index contributed by atoms with van der Waals surface area (Å²) in [7, 11) is 0. The first-order valence-electron chi connectivity index (χ1n) is 6.92. The molecule has 3 rings (SSSR count). The van der Waals surface area contributed by atoms with Crippen LogP contribution in [-0.2, 0) is 0 Å². The van der Waals surface area contributed by atoms with Crippen molar-refractivity contribution < 1.29 is 4.92 Å². The molecule has 0 N–H and O–H groups in total. The van der Waals surface area contributed by atoms with E-state index < -0.39 is 4.92 Å². The quantitative estimate of drug-likeness (QED) is 0.345. The molecule has 0 atom stereocenters. The summed E-state index contributed by atoms with van der Waals surface area (Å²) in [5.41, 5.74) is 1.32. The van der Waals surface area contributed by atoms with Gasteiger partial charge < -0.3 is 0 Å². The van der Waals surface area contributed by atoms with E-state index in [4.69, 9.17) is 46.4 Å². The Hall–Kier alpha value is -1.85. The van der Waals surface area contributed by atoms with Crippen LogP contribution in [0.1, 0.15) is 0 Å². The number of hydrogen-bond donors (Lipinski definition) is 0. The molecule has 2 aromatic carbocycles. The highest BCUT2D eigenvalue weighted by atomic mass is 35.5. The van der Waals surface area contributed by atoms with Crippen molar-refractivity contribution in [2.75, 3.05) is 0 Å². The van der Waals surface area contributed by atoms with Crippen molar-refractivity contribution in [2.24, 2.45) is 0 Å². The molecule has 4 nitrogen and oxygen atoms in total. The zero-order chi connectivity index (χ0) is 18.1. The van der Waals surface area contributed by atoms with Crippen LogP contribution >= 0.6 is 46.4 Å². The van der Waals surface area contributed by atoms with Gasteiger partial charge in [0.25, 0.3) is 5.69 Å². The molecule has 0 bridgehead atoms. The zero-order valence-electron chi connectivity index (χ0n) is 12.3. The van der Waals surface area contributed by atoms with Gasteiger partial charge in [-0.2, -0.15) is 0 Å². The molecule has 25 heavy (non-hydrogen) atoms. The number of aromatic nitrogens is 1. The molecular weight excluding hydrogens is 406 g/mol. The average Bonchev–Trinajstić information content (AvgIpc) is 2.58. The molecule has 0 aliphatic carbocycles. The third kappa shape index (κ3) is 3.72. The summed E-state index contributed by atoms with van der Waals surface area (Å²) in [6.45, 7) is 0. The van der Waals surface area contributed by atoms with E-state index in [-0.39, 0.29) is 11.4 Å². The largest absolute Gasteiger partial charge is 0.296 e. The molecule has 0 fully saturated rings. The van der Waals surface area contributed by atoms with E-state index in [9.17, 15) is 10.1 Å². The highest BCUT2D eigenvalue weighted by Crippen LogP contribution is 2.38. The molecule has 0 aliphatic rings. The van der Waals surface area contributed by atoms with Gasteiger partial charge in [0.2, 0.25) is 0 Å². The first-order chi connectivity index (χ1) is 11.9. The second-order valence-electron chi connectivity index (χ2n) is 5.10. The normalized spacial score (nSPS) is 10.7. The van der Waals surface area contributed by atoms with Crippen molar-refractivity contribution in [3.05, 3.63) is 78.9 Å². The molecule has 0 radical (unpaired) electrons. The summed E-state index contributed by atoms with van der Waals surface area (Å²) in [6.07, 6.45) is 1.48. The van der Waals surface area contributed by atoms with Crippen LogP contribution in [-0.4, -0.2) is 9.91 Å². The van der Waals surface area contributed by atoms with Crippen LogP contribution in [0.25, 0.3) is 22.4 Å². The molecular formula is C17H8Cl4N2O2. The molecule has 1 aromatic heterocycles. The van der Waals surface area contributed by atoms with E-state index in [0.29, 0.717) is 36.8 Å². The van der Waals surface area contributed by atoms with Crippen LogP contribution in [0.2, 0.25) is 20.1 Å². The Morgan fingerprint density at radius 3 is 2.00 bits per heavy atom. The molecule has 1 heterocycles. The SMILES string of the molecule is O=[N+]([O-])c1cc(-c2cc(Cl)ccc2Cl)cnc1-c1cc(Cl)ccc1Cl. The van der Waals surface area contributed by atoms with Crippen molar-refractivity contribution in [2.45, 2.75) is 0 Å². The van der Waals surface area contributed by atoms with Gasteiger partial charge in [-0.1, -0.05) is 46.4 Å². The van der Waals surface area contributed by atoms with E-state index >= 15 is 0 Å². The first kappa shape index (κ1) is 18.0. The van der Waals surface area contributed by atoms with Crippen LogP contribution in [0.3, 0.4) is 0 Å². The van der Waals surface area contributed by atoms with Gasteiger partial charge in [0.1, 0.15) is 5.69 Å². The van der Waals surface area contributed by atoms with Crippen molar-refractivity contribution in [1.29, 1.82) is 0 Å². The molecule has 0 saturated carbocycles. The molecule has 8 heteroatoms.